The fourth-order valence-corrected chi connectivity index (χ4v) is 3.61. The molecular formula is C19H26N4O2. The van der Waals surface area contributed by atoms with E-state index in [0.29, 0.717) is 25.0 Å². The van der Waals surface area contributed by atoms with Gasteiger partial charge < -0.3 is 20.1 Å². The predicted octanol–water partition coefficient (Wildman–Crippen LogP) is 2.68. The predicted molar refractivity (Wildman–Crippen MR) is 97.2 cm³/mol. The zero-order valence-corrected chi connectivity index (χ0v) is 14.9. The first-order chi connectivity index (χ1) is 12.2. The lowest BCUT2D eigenvalue weighted by Crippen LogP contribution is -2.38. The van der Waals surface area contributed by atoms with E-state index >= 15 is 0 Å². The number of hydrogen-bond acceptors (Lipinski definition) is 5. The lowest BCUT2D eigenvalue weighted by atomic mass is 9.94. The highest BCUT2D eigenvalue weighted by Crippen LogP contribution is 2.34. The highest BCUT2D eigenvalue weighted by molar-refractivity contribution is 5.44. The zero-order valence-electron chi connectivity index (χ0n) is 14.9. The third-order valence-corrected chi connectivity index (χ3v) is 4.94. The summed E-state index contributed by atoms with van der Waals surface area (Å²) in [6.45, 7) is 8.62. The molecule has 2 aromatic rings. The molecule has 0 fully saturated rings. The van der Waals surface area contributed by atoms with Crippen LogP contribution in [0.4, 0.5) is 5.82 Å². The molecular weight excluding hydrogens is 316 g/mol. The quantitative estimate of drug-likeness (QED) is 0.875. The number of benzene rings is 1. The summed E-state index contributed by atoms with van der Waals surface area (Å²) in [5.74, 6) is 3.82. The minimum Gasteiger partial charge on any atom is -0.486 e. The molecule has 0 saturated heterocycles. The fourth-order valence-electron chi connectivity index (χ4n) is 3.61. The van der Waals surface area contributed by atoms with Gasteiger partial charge in [-0.05, 0) is 23.6 Å². The van der Waals surface area contributed by atoms with Crippen molar-refractivity contribution in [3.63, 3.8) is 0 Å². The molecule has 134 valence electrons. The molecule has 2 atom stereocenters. The van der Waals surface area contributed by atoms with Gasteiger partial charge in [-0.25, -0.2) is 4.68 Å². The van der Waals surface area contributed by atoms with Gasteiger partial charge in [-0.15, -0.1) is 0 Å². The van der Waals surface area contributed by atoms with Gasteiger partial charge in [0.25, 0.3) is 0 Å². The van der Waals surface area contributed by atoms with Crippen molar-refractivity contribution >= 4 is 5.82 Å². The molecule has 2 aliphatic heterocycles. The van der Waals surface area contributed by atoms with Gasteiger partial charge in [0.2, 0.25) is 0 Å². The lowest BCUT2D eigenvalue weighted by molar-refractivity contribution is 0.171. The number of nitrogens with zero attached hydrogens (tertiary/aromatic N) is 2. The molecule has 0 bridgehead atoms. The van der Waals surface area contributed by atoms with Crippen molar-refractivity contribution in [2.45, 2.75) is 26.4 Å². The highest BCUT2D eigenvalue weighted by Gasteiger charge is 2.23. The summed E-state index contributed by atoms with van der Waals surface area (Å²) in [7, 11) is 0. The second-order valence-corrected chi connectivity index (χ2v) is 7.18. The Morgan fingerprint density at radius 2 is 2.08 bits per heavy atom. The van der Waals surface area contributed by atoms with Crippen LogP contribution in [0.25, 0.3) is 0 Å². The van der Waals surface area contributed by atoms with E-state index in [-0.39, 0.29) is 6.04 Å². The number of aromatic nitrogens is 2. The van der Waals surface area contributed by atoms with Crippen LogP contribution in [0.5, 0.6) is 11.5 Å². The molecule has 25 heavy (non-hydrogen) atoms. The molecule has 3 heterocycles. The van der Waals surface area contributed by atoms with Crippen molar-refractivity contribution in [2.75, 3.05) is 31.6 Å². The van der Waals surface area contributed by atoms with Gasteiger partial charge in [0.05, 0.1) is 6.20 Å². The van der Waals surface area contributed by atoms with E-state index in [1.54, 1.807) is 0 Å². The zero-order chi connectivity index (χ0) is 17.2. The van der Waals surface area contributed by atoms with Crippen molar-refractivity contribution in [3.05, 3.63) is 36.0 Å². The van der Waals surface area contributed by atoms with Crippen LogP contribution in [-0.4, -0.2) is 36.1 Å². The molecule has 4 rings (SSSR count). The standard InChI is InChI=1S/C19H26N4O2/c1-13(2)19(15-3-4-16-17(9-15)25-8-7-24-16)21-11-14-10-20-18-5-6-22-23(18)12-14/h3-6,9,13-14,19-21H,7-8,10-12H2,1-2H3/t14-,19+/m1/s1. The summed E-state index contributed by atoms with van der Waals surface area (Å²) >= 11 is 0. The molecule has 0 spiro atoms. The smallest absolute Gasteiger partial charge is 0.161 e. The average molecular weight is 342 g/mol. The minimum absolute atomic E-state index is 0.287. The summed E-state index contributed by atoms with van der Waals surface area (Å²) in [5.41, 5.74) is 1.25. The highest BCUT2D eigenvalue weighted by atomic mass is 16.6. The van der Waals surface area contributed by atoms with Crippen LogP contribution in [0, 0.1) is 11.8 Å². The third kappa shape index (κ3) is 3.44. The Hall–Kier alpha value is -2.21. The average Bonchev–Trinajstić information content (AvgIpc) is 3.09. The molecule has 1 aromatic carbocycles. The molecule has 6 heteroatoms. The van der Waals surface area contributed by atoms with E-state index in [2.05, 4.69) is 41.7 Å². The largest absolute Gasteiger partial charge is 0.486 e. The van der Waals surface area contributed by atoms with Gasteiger partial charge in [0.1, 0.15) is 19.0 Å². The first-order valence-electron chi connectivity index (χ1n) is 9.09. The Morgan fingerprint density at radius 3 is 2.92 bits per heavy atom. The molecule has 1 aromatic heterocycles. The van der Waals surface area contributed by atoms with Crippen molar-refractivity contribution in [3.8, 4) is 11.5 Å². The Morgan fingerprint density at radius 1 is 1.24 bits per heavy atom. The number of ether oxygens (including phenoxy) is 2. The molecule has 0 radical (unpaired) electrons. The molecule has 2 N–H and O–H groups in total. The van der Waals surface area contributed by atoms with Crippen LogP contribution in [0.2, 0.25) is 0 Å². The van der Waals surface area contributed by atoms with E-state index < -0.39 is 0 Å². The van der Waals surface area contributed by atoms with E-state index in [1.165, 1.54) is 5.56 Å². The summed E-state index contributed by atoms with van der Waals surface area (Å²) in [5, 5.41) is 11.6. The van der Waals surface area contributed by atoms with Gasteiger partial charge in [-0.1, -0.05) is 19.9 Å². The molecule has 0 amide bonds. The topological polar surface area (TPSA) is 60.3 Å². The number of rotatable bonds is 5. The molecule has 0 saturated carbocycles. The summed E-state index contributed by atoms with van der Waals surface area (Å²) < 4.78 is 13.4. The first kappa shape index (κ1) is 16.3. The van der Waals surface area contributed by atoms with E-state index in [9.17, 15) is 0 Å². The van der Waals surface area contributed by atoms with Gasteiger partial charge in [-0.2, -0.15) is 5.10 Å². The van der Waals surface area contributed by atoms with Crippen LogP contribution >= 0.6 is 0 Å². The van der Waals surface area contributed by atoms with Crippen molar-refractivity contribution < 1.29 is 9.47 Å². The Bertz CT molecular complexity index is 728. The second-order valence-electron chi connectivity index (χ2n) is 7.18. The number of anilines is 1. The monoisotopic (exact) mass is 342 g/mol. The van der Waals surface area contributed by atoms with Crippen LogP contribution in [-0.2, 0) is 6.54 Å². The van der Waals surface area contributed by atoms with Gasteiger partial charge >= 0.3 is 0 Å². The van der Waals surface area contributed by atoms with Crippen LogP contribution < -0.4 is 20.1 Å². The summed E-state index contributed by atoms with van der Waals surface area (Å²) in [6.07, 6.45) is 1.85. The van der Waals surface area contributed by atoms with Crippen LogP contribution in [0.3, 0.4) is 0 Å². The van der Waals surface area contributed by atoms with Gasteiger partial charge in [0, 0.05) is 37.7 Å². The normalized spacial score (nSPS) is 20.0. The fraction of sp³-hybridized carbons (Fsp3) is 0.526. The maximum absolute atomic E-state index is 5.74. The van der Waals surface area contributed by atoms with Crippen LogP contribution in [0.1, 0.15) is 25.5 Å². The molecule has 6 nitrogen and oxygen atoms in total. The van der Waals surface area contributed by atoms with Gasteiger partial charge in [-0.3, -0.25) is 0 Å². The summed E-state index contributed by atoms with van der Waals surface area (Å²) in [6, 6.07) is 8.61. The van der Waals surface area contributed by atoms with Gasteiger partial charge in [0.15, 0.2) is 11.5 Å². The summed E-state index contributed by atoms with van der Waals surface area (Å²) in [4.78, 5) is 0. The number of hydrogen-bond donors (Lipinski definition) is 2. The third-order valence-electron chi connectivity index (χ3n) is 4.94. The van der Waals surface area contributed by atoms with Crippen LogP contribution in [0.15, 0.2) is 30.5 Å². The Kier molecular flexibility index (Phi) is 4.53. The number of fused-ring (bicyclic) bond motifs is 2. The maximum Gasteiger partial charge on any atom is 0.161 e. The SMILES string of the molecule is CC(C)[C@H](NC[C@H]1CNc2ccnn2C1)c1ccc2c(c1)OCCO2. The minimum atomic E-state index is 0.287. The lowest BCUT2D eigenvalue weighted by Gasteiger charge is -2.30. The van der Waals surface area contributed by atoms with E-state index in [0.717, 1.165) is 37.0 Å². The number of nitrogens with one attached hydrogen (secondary N) is 2. The first-order valence-corrected chi connectivity index (χ1v) is 9.09. The molecule has 0 aliphatic carbocycles. The second kappa shape index (κ2) is 6.96. The molecule has 2 aliphatic rings. The maximum atomic E-state index is 5.74. The van der Waals surface area contributed by atoms with E-state index in [4.69, 9.17) is 9.47 Å². The van der Waals surface area contributed by atoms with Crippen molar-refractivity contribution in [1.29, 1.82) is 0 Å². The molecule has 0 unspecified atom stereocenters. The Labute approximate surface area is 148 Å². The van der Waals surface area contributed by atoms with Crippen molar-refractivity contribution in [2.24, 2.45) is 11.8 Å². The van der Waals surface area contributed by atoms with E-state index in [1.807, 2.05) is 23.0 Å². The Balaban J connectivity index is 1.43. The van der Waals surface area contributed by atoms with Crippen molar-refractivity contribution in [1.82, 2.24) is 15.1 Å².